The van der Waals surface area contributed by atoms with Crippen molar-refractivity contribution < 1.29 is 28.0 Å². The molecule has 0 unspecified atom stereocenters. The van der Waals surface area contributed by atoms with Crippen molar-refractivity contribution in [3.05, 3.63) is 18.1 Å². The molecule has 0 bridgehead atoms. The smallest absolute Gasteiger partial charge is 0.360 e. The van der Waals surface area contributed by atoms with Crippen LogP contribution < -0.4 is 16.4 Å². The summed E-state index contributed by atoms with van der Waals surface area (Å²) in [7, 11) is -3.21. The Hall–Kier alpha value is -2.09. The molecule has 10 heteroatoms. The Morgan fingerprint density at radius 1 is 1.53 bits per heavy atom. The highest BCUT2D eigenvalue weighted by Gasteiger charge is 2.31. The molecule has 102 valence electrons. The maximum absolute atomic E-state index is 11.6. The SMILES string of the molecule is CNC(=O)c1oc(N)nc1-c1occc1P(=O)(O)O. The zero-order valence-electron chi connectivity index (χ0n) is 9.65. The van der Waals surface area contributed by atoms with Gasteiger partial charge in [-0.1, -0.05) is 0 Å². The Morgan fingerprint density at radius 2 is 2.21 bits per heavy atom. The highest BCUT2D eigenvalue weighted by atomic mass is 31.2. The summed E-state index contributed by atoms with van der Waals surface area (Å²) in [5.41, 5.74) is 5.18. The summed E-state index contributed by atoms with van der Waals surface area (Å²) in [6, 6.07) is 0.774. The average Bonchev–Trinajstić information content (AvgIpc) is 2.92. The first kappa shape index (κ1) is 13.3. The Balaban J connectivity index is 2.64. The Kier molecular flexibility index (Phi) is 3.19. The summed E-state index contributed by atoms with van der Waals surface area (Å²) >= 11 is 0. The number of nitrogens with one attached hydrogen (secondary N) is 1. The summed E-state index contributed by atoms with van der Waals surface area (Å²) in [5.74, 6) is -1.19. The molecule has 2 aromatic rings. The summed E-state index contributed by atoms with van der Waals surface area (Å²) in [6.45, 7) is 0. The number of amides is 1. The molecule has 0 spiro atoms. The minimum Gasteiger partial charge on any atom is -0.462 e. The largest absolute Gasteiger partial charge is 0.462 e. The third-order valence-corrected chi connectivity index (χ3v) is 3.23. The van der Waals surface area contributed by atoms with Crippen LogP contribution in [0.1, 0.15) is 10.6 Å². The number of hydrogen-bond acceptors (Lipinski definition) is 6. The predicted molar refractivity (Wildman–Crippen MR) is 63.7 cm³/mol. The number of nitrogen functional groups attached to an aromatic ring is 1. The predicted octanol–water partition coefficient (Wildman–Crippen LogP) is -0.321. The van der Waals surface area contributed by atoms with E-state index in [1.807, 2.05) is 0 Å². The monoisotopic (exact) mass is 287 g/mol. The molecule has 1 amide bonds. The number of carbonyl (C=O) groups excluding carboxylic acids is 1. The fourth-order valence-corrected chi connectivity index (χ4v) is 2.15. The van der Waals surface area contributed by atoms with Crippen molar-refractivity contribution in [1.82, 2.24) is 10.3 Å². The molecule has 0 aliphatic rings. The molecule has 0 aliphatic carbocycles. The summed E-state index contributed by atoms with van der Waals surface area (Å²) in [5, 5.41) is 1.89. The first-order chi connectivity index (χ1) is 8.84. The van der Waals surface area contributed by atoms with E-state index >= 15 is 0 Å². The quantitative estimate of drug-likeness (QED) is 0.560. The van der Waals surface area contributed by atoms with Crippen molar-refractivity contribution >= 4 is 24.8 Å². The van der Waals surface area contributed by atoms with Gasteiger partial charge < -0.3 is 29.7 Å². The highest BCUT2D eigenvalue weighted by molar-refractivity contribution is 7.60. The summed E-state index contributed by atoms with van der Waals surface area (Å²) in [4.78, 5) is 33.6. The van der Waals surface area contributed by atoms with Crippen molar-refractivity contribution in [1.29, 1.82) is 0 Å². The number of carbonyl (C=O) groups is 1. The molecule has 0 aromatic carbocycles. The van der Waals surface area contributed by atoms with Crippen LogP contribution in [0.15, 0.2) is 21.2 Å². The van der Waals surface area contributed by atoms with Gasteiger partial charge in [0.2, 0.25) is 5.76 Å². The lowest BCUT2D eigenvalue weighted by Gasteiger charge is -2.03. The van der Waals surface area contributed by atoms with Gasteiger partial charge in [-0.3, -0.25) is 9.36 Å². The van der Waals surface area contributed by atoms with Crippen LogP contribution in [0.3, 0.4) is 0 Å². The molecule has 0 saturated heterocycles. The minimum absolute atomic E-state index is 0.167. The number of furan rings is 1. The van der Waals surface area contributed by atoms with Crippen LogP contribution in [0.5, 0.6) is 0 Å². The molecule has 5 N–H and O–H groups in total. The zero-order valence-corrected chi connectivity index (χ0v) is 10.5. The Bertz CT molecular complexity index is 669. The van der Waals surface area contributed by atoms with Crippen molar-refractivity contribution in [3.8, 4) is 11.5 Å². The molecule has 2 heterocycles. The van der Waals surface area contributed by atoms with E-state index in [0.717, 1.165) is 12.3 Å². The maximum atomic E-state index is 11.6. The van der Waals surface area contributed by atoms with Gasteiger partial charge in [-0.05, 0) is 6.07 Å². The third-order valence-electron chi connectivity index (χ3n) is 2.25. The van der Waals surface area contributed by atoms with Crippen molar-refractivity contribution in [2.45, 2.75) is 0 Å². The number of nitrogens with zero attached hydrogens (tertiary/aromatic N) is 1. The molecule has 2 aromatic heterocycles. The molecular formula is C9H10N3O6P. The molecule has 0 fully saturated rings. The normalized spacial score (nSPS) is 11.5. The van der Waals surface area contributed by atoms with Gasteiger partial charge in [0.15, 0.2) is 11.5 Å². The second-order valence-electron chi connectivity index (χ2n) is 3.49. The number of anilines is 1. The van der Waals surface area contributed by atoms with E-state index in [1.54, 1.807) is 0 Å². The van der Waals surface area contributed by atoms with E-state index < -0.39 is 18.8 Å². The average molecular weight is 287 g/mol. The van der Waals surface area contributed by atoms with Crippen LogP contribution in [-0.4, -0.2) is 27.7 Å². The third kappa shape index (κ3) is 2.39. The zero-order chi connectivity index (χ0) is 14.2. The topological polar surface area (TPSA) is 152 Å². The summed E-state index contributed by atoms with van der Waals surface area (Å²) in [6.07, 6.45) is 1.07. The number of rotatable bonds is 3. The van der Waals surface area contributed by atoms with Crippen molar-refractivity contribution in [2.75, 3.05) is 12.8 Å². The molecule has 19 heavy (non-hydrogen) atoms. The van der Waals surface area contributed by atoms with Crippen LogP contribution in [0.25, 0.3) is 11.5 Å². The van der Waals surface area contributed by atoms with Crippen molar-refractivity contribution in [3.63, 3.8) is 0 Å². The summed E-state index contributed by atoms with van der Waals surface area (Å²) < 4.78 is 21.2. The molecular weight excluding hydrogens is 277 g/mol. The standard InChI is InChI=1S/C9H10N3O6P/c1-11-8(13)7-5(12-9(10)18-7)6-4(2-3-17-6)19(14,15)16/h2-3H,1H3,(H2,10,12)(H,11,13)(H2,14,15,16). The van der Waals surface area contributed by atoms with Crippen LogP contribution >= 0.6 is 7.60 Å². The number of aromatic nitrogens is 1. The van der Waals surface area contributed by atoms with Gasteiger partial charge in [-0.2, -0.15) is 4.98 Å². The van der Waals surface area contributed by atoms with Crippen LogP contribution in [0.4, 0.5) is 6.01 Å². The first-order valence-electron chi connectivity index (χ1n) is 4.97. The number of oxazole rings is 1. The molecule has 9 nitrogen and oxygen atoms in total. The van der Waals surface area contributed by atoms with Crippen LogP contribution in [0.2, 0.25) is 0 Å². The fourth-order valence-electron chi connectivity index (χ4n) is 1.47. The lowest BCUT2D eigenvalue weighted by atomic mass is 10.2. The number of hydrogen-bond donors (Lipinski definition) is 4. The number of nitrogens with two attached hydrogens (primary N) is 1. The van der Waals surface area contributed by atoms with Crippen LogP contribution in [0, 0.1) is 0 Å². The minimum atomic E-state index is -4.57. The van der Waals surface area contributed by atoms with E-state index in [9.17, 15) is 19.1 Å². The first-order valence-corrected chi connectivity index (χ1v) is 6.58. The van der Waals surface area contributed by atoms with Gasteiger partial charge in [0.1, 0.15) is 5.30 Å². The Labute approximate surface area is 106 Å². The van der Waals surface area contributed by atoms with E-state index in [1.165, 1.54) is 7.05 Å². The molecule has 0 saturated carbocycles. The Morgan fingerprint density at radius 3 is 2.79 bits per heavy atom. The second-order valence-corrected chi connectivity index (χ2v) is 5.06. The maximum Gasteiger partial charge on any atom is 0.360 e. The van der Waals surface area contributed by atoms with E-state index in [2.05, 4.69) is 10.3 Å². The lowest BCUT2D eigenvalue weighted by molar-refractivity contribution is 0.0937. The van der Waals surface area contributed by atoms with Gasteiger partial charge in [0, 0.05) is 7.05 Å². The lowest BCUT2D eigenvalue weighted by Crippen LogP contribution is -2.18. The molecule has 0 radical (unpaired) electrons. The van der Waals surface area contributed by atoms with Gasteiger partial charge in [-0.25, -0.2) is 0 Å². The van der Waals surface area contributed by atoms with E-state index in [0.29, 0.717) is 0 Å². The highest BCUT2D eigenvalue weighted by Crippen LogP contribution is 2.39. The van der Waals surface area contributed by atoms with E-state index in [4.69, 9.17) is 14.6 Å². The van der Waals surface area contributed by atoms with Gasteiger partial charge in [0.25, 0.3) is 11.9 Å². The van der Waals surface area contributed by atoms with Crippen LogP contribution in [-0.2, 0) is 4.57 Å². The molecule has 0 atom stereocenters. The van der Waals surface area contributed by atoms with Crippen molar-refractivity contribution in [2.24, 2.45) is 0 Å². The molecule has 0 aliphatic heterocycles. The van der Waals surface area contributed by atoms with Gasteiger partial charge in [-0.15, -0.1) is 0 Å². The van der Waals surface area contributed by atoms with Gasteiger partial charge >= 0.3 is 7.60 Å². The molecule has 2 rings (SSSR count). The second kappa shape index (κ2) is 4.54. The van der Waals surface area contributed by atoms with Gasteiger partial charge in [0.05, 0.1) is 6.26 Å². The van der Waals surface area contributed by atoms with E-state index in [-0.39, 0.29) is 23.2 Å². The fraction of sp³-hybridized carbons (Fsp3) is 0.111.